The maximum Gasteiger partial charge on any atom is 0.534 e. The number of fused-ring (bicyclic) bond motifs is 1. The molecule has 0 heterocycles. The Bertz CT molecular complexity index is 1510. The Morgan fingerprint density at radius 1 is 0.946 bits per heavy atom. The van der Waals surface area contributed by atoms with Gasteiger partial charge in [0.05, 0.1) is 12.7 Å². The average Bonchev–Trinajstić information content (AvgIpc) is 3.01. The van der Waals surface area contributed by atoms with Crippen molar-refractivity contribution in [2.24, 2.45) is 0 Å². The lowest BCUT2D eigenvalue weighted by atomic mass is 9.87. The Morgan fingerprint density at radius 2 is 1.68 bits per heavy atom. The van der Waals surface area contributed by atoms with Crippen molar-refractivity contribution in [1.29, 1.82) is 0 Å². The topological polar surface area (TPSA) is 69.7 Å². The van der Waals surface area contributed by atoms with Crippen LogP contribution in [0.5, 0.6) is 5.75 Å². The van der Waals surface area contributed by atoms with E-state index in [2.05, 4.69) is 4.18 Å². The van der Waals surface area contributed by atoms with Crippen LogP contribution in [0.2, 0.25) is 10.0 Å². The van der Waals surface area contributed by atoms with Gasteiger partial charge >= 0.3 is 21.6 Å². The summed E-state index contributed by atoms with van der Waals surface area (Å²) in [6, 6.07) is 15.4. The van der Waals surface area contributed by atoms with E-state index in [9.17, 15) is 26.4 Å². The highest BCUT2D eigenvalue weighted by Crippen LogP contribution is 2.43. The third-order valence-corrected chi connectivity index (χ3v) is 7.37. The van der Waals surface area contributed by atoms with Gasteiger partial charge in [0.25, 0.3) is 0 Å². The van der Waals surface area contributed by atoms with Crippen molar-refractivity contribution in [3.63, 3.8) is 0 Å². The monoisotopic (exact) mass is 570 g/mol. The molecule has 0 saturated heterocycles. The van der Waals surface area contributed by atoms with Gasteiger partial charge < -0.3 is 8.92 Å². The van der Waals surface area contributed by atoms with E-state index in [4.69, 9.17) is 27.9 Å². The zero-order valence-corrected chi connectivity index (χ0v) is 21.6. The van der Waals surface area contributed by atoms with E-state index < -0.39 is 27.3 Å². The first kappa shape index (κ1) is 27.0. The van der Waals surface area contributed by atoms with Crippen LogP contribution in [0.4, 0.5) is 13.2 Å². The van der Waals surface area contributed by atoms with E-state index in [0.717, 1.165) is 17.2 Å². The molecule has 0 fully saturated rings. The van der Waals surface area contributed by atoms with Crippen molar-refractivity contribution in [2.45, 2.75) is 24.8 Å². The standard InChI is InChI=1S/C26H19Cl2F3O5S/c1-35-25(32)17-8-10-20-15(12-17)4-3-7-22(21-11-9-18(27)14-23(21)28)24(20)16-5-2-6-19(13-16)36-37(33,34)26(29,30)31/h2,5-6,8-14H,3-4,7H2,1H3. The second-order valence-electron chi connectivity index (χ2n) is 8.21. The van der Waals surface area contributed by atoms with E-state index in [-0.39, 0.29) is 0 Å². The van der Waals surface area contributed by atoms with Crippen LogP contribution < -0.4 is 4.18 Å². The number of aryl methyl sites for hydroxylation is 1. The minimum atomic E-state index is -5.86. The minimum absolute atomic E-state index is 0.349. The average molecular weight is 571 g/mol. The molecule has 3 aromatic rings. The normalized spacial score (nSPS) is 14.1. The second-order valence-corrected chi connectivity index (χ2v) is 10.6. The van der Waals surface area contributed by atoms with Crippen LogP contribution in [0, 0.1) is 0 Å². The molecule has 3 aromatic carbocycles. The van der Waals surface area contributed by atoms with Gasteiger partial charge in [-0.2, -0.15) is 21.6 Å². The minimum Gasteiger partial charge on any atom is -0.465 e. The van der Waals surface area contributed by atoms with Crippen LogP contribution in [0.25, 0.3) is 11.1 Å². The number of hydrogen-bond donors (Lipinski definition) is 0. The van der Waals surface area contributed by atoms with Gasteiger partial charge in [-0.25, -0.2) is 4.79 Å². The predicted molar refractivity (Wildman–Crippen MR) is 135 cm³/mol. The van der Waals surface area contributed by atoms with Crippen molar-refractivity contribution >= 4 is 50.4 Å². The molecule has 0 N–H and O–H groups in total. The Balaban J connectivity index is 1.96. The predicted octanol–water partition coefficient (Wildman–Crippen LogP) is 7.30. The fourth-order valence-electron chi connectivity index (χ4n) is 4.24. The molecule has 0 unspecified atom stereocenters. The number of ether oxygens (including phenoxy) is 1. The fourth-order valence-corrected chi connectivity index (χ4v) is 5.22. The summed E-state index contributed by atoms with van der Waals surface area (Å²) in [6.07, 6.45) is 1.80. The molecule has 194 valence electrons. The summed E-state index contributed by atoms with van der Waals surface area (Å²) in [5.74, 6) is -1.01. The Kier molecular flexibility index (Phi) is 7.60. The maximum atomic E-state index is 12.9. The lowest BCUT2D eigenvalue weighted by Gasteiger charge is -2.19. The number of esters is 1. The third-order valence-electron chi connectivity index (χ3n) is 5.84. The van der Waals surface area contributed by atoms with Crippen molar-refractivity contribution < 1.29 is 35.3 Å². The number of carbonyl (C=O) groups is 1. The van der Waals surface area contributed by atoms with Gasteiger partial charge in [-0.15, -0.1) is 0 Å². The van der Waals surface area contributed by atoms with E-state index in [1.807, 2.05) is 0 Å². The van der Waals surface area contributed by atoms with Gasteiger partial charge in [0.1, 0.15) is 5.75 Å². The summed E-state index contributed by atoms with van der Waals surface area (Å²) in [5.41, 5.74) is -1.24. The molecule has 0 spiro atoms. The number of alkyl halides is 3. The summed E-state index contributed by atoms with van der Waals surface area (Å²) in [7, 11) is -4.59. The fraction of sp³-hybridized carbons (Fsp3) is 0.192. The number of halogens is 5. The van der Waals surface area contributed by atoms with Crippen LogP contribution in [-0.2, 0) is 21.3 Å². The molecule has 1 aliphatic rings. The summed E-state index contributed by atoms with van der Waals surface area (Å²) < 4.78 is 71.3. The van der Waals surface area contributed by atoms with Gasteiger partial charge in [-0.3, -0.25) is 0 Å². The Morgan fingerprint density at radius 3 is 2.35 bits per heavy atom. The van der Waals surface area contributed by atoms with Crippen LogP contribution in [0.1, 0.15) is 45.5 Å². The van der Waals surface area contributed by atoms with Crippen LogP contribution in [0.15, 0.2) is 60.7 Å². The van der Waals surface area contributed by atoms with Crippen molar-refractivity contribution in [2.75, 3.05) is 7.11 Å². The molecule has 0 saturated carbocycles. The molecule has 0 amide bonds. The maximum absolute atomic E-state index is 12.9. The lowest BCUT2D eigenvalue weighted by Crippen LogP contribution is -2.28. The van der Waals surface area contributed by atoms with Gasteiger partial charge in [0.2, 0.25) is 0 Å². The first-order chi connectivity index (χ1) is 17.4. The molecule has 0 aliphatic heterocycles. The van der Waals surface area contributed by atoms with Crippen LogP contribution in [0.3, 0.4) is 0 Å². The van der Waals surface area contributed by atoms with E-state index in [1.165, 1.54) is 19.2 Å². The molecule has 11 heteroatoms. The molecule has 0 radical (unpaired) electrons. The highest BCUT2D eigenvalue weighted by atomic mass is 35.5. The molecule has 1 aliphatic carbocycles. The molecule has 0 atom stereocenters. The number of hydrogen-bond acceptors (Lipinski definition) is 5. The van der Waals surface area contributed by atoms with E-state index in [1.54, 1.807) is 42.5 Å². The smallest absolute Gasteiger partial charge is 0.465 e. The number of methoxy groups -OCH3 is 1. The van der Waals surface area contributed by atoms with E-state index >= 15 is 0 Å². The first-order valence-corrected chi connectivity index (χ1v) is 13.1. The van der Waals surface area contributed by atoms with Crippen molar-refractivity contribution in [1.82, 2.24) is 0 Å². The van der Waals surface area contributed by atoms with E-state index in [0.29, 0.717) is 57.1 Å². The second kappa shape index (κ2) is 10.4. The first-order valence-electron chi connectivity index (χ1n) is 10.9. The Hall–Kier alpha value is -3.01. The zero-order valence-electron chi connectivity index (χ0n) is 19.2. The number of carbonyl (C=O) groups excluding carboxylic acids is 1. The van der Waals surface area contributed by atoms with Crippen molar-refractivity contribution in [3.05, 3.63) is 98.5 Å². The molecule has 4 rings (SSSR count). The molecule has 0 aromatic heterocycles. The van der Waals surface area contributed by atoms with Gasteiger partial charge in [-0.1, -0.05) is 47.5 Å². The van der Waals surface area contributed by atoms with Gasteiger partial charge in [-0.05, 0) is 89.1 Å². The lowest BCUT2D eigenvalue weighted by molar-refractivity contribution is -0.0500. The molecular weight excluding hydrogens is 552 g/mol. The summed E-state index contributed by atoms with van der Waals surface area (Å²) in [4.78, 5) is 12.1. The van der Waals surface area contributed by atoms with Gasteiger partial charge in [0, 0.05) is 10.0 Å². The molecule has 0 bridgehead atoms. The van der Waals surface area contributed by atoms with Crippen LogP contribution in [-0.4, -0.2) is 27.0 Å². The molecule has 37 heavy (non-hydrogen) atoms. The van der Waals surface area contributed by atoms with Gasteiger partial charge in [0.15, 0.2) is 0 Å². The summed E-state index contributed by atoms with van der Waals surface area (Å²) in [5, 5.41) is 0.807. The number of benzene rings is 3. The number of rotatable bonds is 5. The SMILES string of the molecule is COC(=O)c1ccc2c(c1)CCCC(c1ccc(Cl)cc1Cl)=C2c1cccc(OS(=O)(=O)C(F)(F)F)c1. The van der Waals surface area contributed by atoms with Crippen LogP contribution >= 0.6 is 23.2 Å². The number of allylic oxidation sites excluding steroid dienone is 1. The Labute approximate surface area is 221 Å². The molecule has 5 nitrogen and oxygen atoms in total. The highest BCUT2D eigenvalue weighted by molar-refractivity contribution is 7.88. The highest BCUT2D eigenvalue weighted by Gasteiger charge is 2.48. The zero-order chi connectivity index (χ0) is 27.0. The third kappa shape index (κ3) is 5.63. The van der Waals surface area contributed by atoms with Crippen molar-refractivity contribution in [3.8, 4) is 5.75 Å². The summed E-state index contributed by atoms with van der Waals surface area (Å²) in [6.45, 7) is 0. The summed E-state index contributed by atoms with van der Waals surface area (Å²) >= 11 is 12.6. The molecular formula is C26H19Cl2F3O5S. The quantitative estimate of drug-likeness (QED) is 0.183. The largest absolute Gasteiger partial charge is 0.534 e.